The zero-order valence-corrected chi connectivity index (χ0v) is 14.5. The molecule has 1 amide bonds. The fourth-order valence-corrected chi connectivity index (χ4v) is 3.14. The van der Waals surface area contributed by atoms with Crippen LogP contribution in [0.3, 0.4) is 0 Å². The maximum Gasteiger partial charge on any atom is 0.251 e. The largest absolute Gasteiger partial charge is 0.376 e. The Morgan fingerprint density at radius 1 is 1.54 bits per heavy atom. The Hall–Kier alpha value is -1.73. The van der Waals surface area contributed by atoms with Gasteiger partial charge in [-0.25, -0.2) is 0 Å². The summed E-state index contributed by atoms with van der Waals surface area (Å²) in [6, 6.07) is 1.99. The van der Waals surface area contributed by atoms with Gasteiger partial charge in [0.05, 0.1) is 18.4 Å². The van der Waals surface area contributed by atoms with Crippen molar-refractivity contribution < 1.29 is 14.3 Å². The number of amides is 1. The van der Waals surface area contributed by atoms with Gasteiger partial charge in [0, 0.05) is 32.7 Å². The van der Waals surface area contributed by atoms with Gasteiger partial charge < -0.3 is 19.7 Å². The zero-order valence-electron chi connectivity index (χ0n) is 14.5. The number of rotatable bonds is 6. The number of ether oxygens (including phenoxy) is 2. The van der Waals surface area contributed by atoms with Gasteiger partial charge in [-0.15, -0.1) is 5.10 Å². The molecule has 3 heterocycles. The van der Waals surface area contributed by atoms with E-state index in [1.165, 1.54) is 0 Å². The van der Waals surface area contributed by atoms with E-state index < -0.39 is 6.10 Å². The quantitative estimate of drug-likeness (QED) is 0.847. The average Bonchev–Trinajstić information content (AvgIpc) is 3.12. The molecule has 1 aromatic heterocycles. The number of nitrogens with one attached hydrogen (secondary N) is 1. The standard InChI is InChI=1S/C17H26N4O3/c1-3-18-16-9-13-10-21(7-6-15(13)19-20-16)17(22)12(2)24-11-14-5-4-8-23-14/h9,12,14H,3-8,10-11H2,1-2H3,(H,18,20)/t12-,14+/m1/s1. The first kappa shape index (κ1) is 17.1. The highest BCUT2D eigenvalue weighted by atomic mass is 16.5. The van der Waals surface area contributed by atoms with E-state index in [0.29, 0.717) is 19.7 Å². The molecule has 0 unspecified atom stereocenters. The van der Waals surface area contributed by atoms with Gasteiger partial charge in [-0.05, 0) is 38.3 Å². The minimum Gasteiger partial charge on any atom is -0.376 e. The van der Waals surface area contributed by atoms with Gasteiger partial charge in [0.2, 0.25) is 0 Å². The predicted octanol–water partition coefficient (Wildman–Crippen LogP) is 1.38. The van der Waals surface area contributed by atoms with Crippen LogP contribution >= 0.6 is 0 Å². The molecule has 3 rings (SSSR count). The molecule has 0 bridgehead atoms. The lowest BCUT2D eigenvalue weighted by Gasteiger charge is -2.30. The summed E-state index contributed by atoms with van der Waals surface area (Å²) in [7, 11) is 0. The Morgan fingerprint density at radius 2 is 2.42 bits per heavy atom. The van der Waals surface area contributed by atoms with Crippen LogP contribution in [0.4, 0.5) is 5.82 Å². The third-order valence-corrected chi connectivity index (χ3v) is 4.51. The second-order valence-corrected chi connectivity index (χ2v) is 6.35. The van der Waals surface area contributed by atoms with Crippen LogP contribution in [0.15, 0.2) is 6.07 Å². The van der Waals surface area contributed by atoms with Gasteiger partial charge in [-0.1, -0.05) is 0 Å². The van der Waals surface area contributed by atoms with E-state index in [9.17, 15) is 4.79 Å². The fraction of sp³-hybridized carbons (Fsp3) is 0.706. The SMILES string of the molecule is CCNc1cc2c(nn1)CCN(C(=O)[C@@H](C)OC[C@@H]1CCCO1)C2. The van der Waals surface area contributed by atoms with Crippen molar-refractivity contribution in [2.45, 2.75) is 51.9 Å². The second kappa shape index (κ2) is 7.90. The highest BCUT2D eigenvalue weighted by Gasteiger charge is 2.27. The van der Waals surface area contributed by atoms with Gasteiger partial charge in [0.15, 0.2) is 0 Å². The van der Waals surface area contributed by atoms with Crippen LogP contribution < -0.4 is 5.32 Å². The van der Waals surface area contributed by atoms with Crippen molar-refractivity contribution >= 4 is 11.7 Å². The molecule has 2 atom stereocenters. The van der Waals surface area contributed by atoms with Crippen LogP contribution in [-0.2, 0) is 27.2 Å². The van der Waals surface area contributed by atoms with E-state index in [0.717, 1.165) is 49.5 Å². The predicted molar refractivity (Wildman–Crippen MR) is 89.7 cm³/mol. The molecule has 1 aromatic rings. The summed E-state index contributed by atoms with van der Waals surface area (Å²) in [6.07, 6.45) is 2.52. The number of nitrogens with zero attached hydrogens (tertiary/aromatic N) is 3. The van der Waals surface area contributed by atoms with E-state index in [2.05, 4.69) is 15.5 Å². The van der Waals surface area contributed by atoms with Crippen molar-refractivity contribution in [3.05, 3.63) is 17.3 Å². The monoisotopic (exact) mass is 334 g/mol. The first-order chi connectivity index (χ1) is 11.7. The maximum absolute atomic E-state index is 12.6. The van der Waals surface area contributed by atoms with E-state index in [1.807, 2.05) is 24.8 Å². The van der Waals surface area contributed by atoms with Crippen LogP contribution in [-0.4, -0.2) is 59.5 Å². The summed E-state index contributed by atoms with van der Waals surface area (Å²) < 4.78 is 11.3. The Morgan fingerprint density at radius 3 is 3.17 bits per heavy atom. The lowest BCUT2D eigenvalue weighted by Crippen LogP contribution is -2.43. The molecule has 0 spiro atoms. The number of carbonyl (C=O) groups excluding carboxylic acids is 1. The fourth-order valence-electron chi connectivity index (χ4n) is 3.14. The molecule has 1 fully saturated rings. The molecule has 24 heavy (non-hydrogen) atoms. The lowest BCUT2D eigenvalue weighted by atomic mass is 10.1. The lowest BCUT2D eigenvalue weighted by molar-refractivity contribution is -0.145. The molecule has 0 radical (unpaired) electrons. The zero-order chi connectivity index (χ0) is 16.9. The first-order valence-electron chi connectivity index (χ1n) is 8.78. The number of anilines is 1. The van der Waals surface area contributed by atoms with Crippen LogP contribution in [0.1, 0.15) is 37.9 Å². The molecule has 0 aliphatic carbocycles. The number of carbonyl (C=O) groups is 1. The molecule has 1 N–H and O–H groups in total. The molecule has 7 heteroatoms. The summed E-state index contributed by atoms with van der Waals surface area (Å²) in [5.74, 6) is 0.786. The molecular formula is C17H26N4O3. The molecular weight excluding hydrogens is 308 g/mol. The van der Waals surface area contributed by atoms with E-state index in [1.54, 1.807) is 0 Å². The summed E-state index contributed by atoms with van der Waals surface area (Å²) in [5, 5.41) is 11.6. The average molecular weight is 334 g/mol. The minimum atomic E-state index is -0.446. The van der Waals surface area contributed by atoms with Crippen molar-refractivity contribution in [2.75, 3.05) is 31.6 Å². The van der Waals surface area contributed by atoms with Crippen molar-refractivity contribution in [2.24, 2.45) is 0 Å². The molecule has 2 aliphatic heterocycles. The van der Waals surface area contributed by atoms with Crippen LogP contribution in [0.25, 0.3) is 0 Å². The third kappa shape index (κ3) is 4.02. The van der Waals surface area contributed by atoms with Crippen LogP contribution in [0.2, 0.25) is 0 Å². The van der Waals surface area contributed by atoms with Gasteiger partial charge in [0.1, 0.15) is 11.9 Å². The Bertz CT molecular complexity index is 575. The van der Waals surface area contributed by atoms with Crippen molar-refractivity contribution in [3.63, 3.8) is 0 Å². The number of fused-ring (bicyclic) bond motifs is 1. The molecule has 132 valence electrons. The van der Waals surface area contributed by atoms with E-state index in [4.69, 9.17) is 9.47 Å². The van der Waals surface area contributed by atoms with E-state index in [-0.39, 0.29) is 12.0 Å². The molecule has 0 saturated carbocycles. The second-order valence-electron chi connectivity index (χ2n) is 6.35. The minimum absolute atomic E-state index is 0.0282. The van der Waals surface area contributed by atoms with Gasteiger partial charge in [-0.3, -0.25) is 4.79 Å². The van der Waals surface area contributed by atoms with Crippen LogP contribution in [0.5, 0.6) is 0 Å². The highest BCUT2D eigenvalue weighted by molar-refractivity contribution is 5.80. The van der Waals surface area contributed by atoms with Gasteiger partial charge in [-0.2, -0.15) is 5.10 Å². The Balaban J connectivity index is 1.56. The van der Waals surface area contributed by atoms with Crippen molar-refractivity contribution in [1.29, 1.82) is 0 Å². The third-order valence-electron chi connectivity index (χ3n) is 4.51. The first-order valence-corrected chi connectivity index (χ1v) is 8.78. The molecule has 2 aliphatic rings. The molecule has 7 nitrogen and oxygen atoms in total. The van der Waals surface area contributed by atoms with Gasteiger partial charge >= 0.3 is 0 Å². The number of aromatic nitrogens is 2. The highest BCUT2D eigenvalue weighted by Crippen LogP contribution is 2.20. The van der Waals surface area contributed by atoms with Crippen LogP contribution in [0, 0.1) is 0 Å². The number of hydrogen-bond donors (Lipinski definition) is 1. The smallest absolute Gasteiger partial charge is 0.251 e. The van der Waals surface area contributed by atoms with E-state index >= 15 is 0 Å². The normalized spacial score (nSPS) is 21.4. The summed E-state index contributed by atoms with van der Waals surface area (Å²) >= 11 is 0. The number of hydrogen-bond acceptors (Lipinski definition) is 6. The van der Waals surface area contributed by atoms with Gasteiger partial charge in [0.25, 0.3) is 5.91 Å². The van der Waals surface area contributed by atoms with Crippen molar-refractivity contribution in [3.8, 4) is 0 Å². The molecule has 1 saturated heterocycles. The Kier molecular flexibility index (Phi) is 5.63. The Labute approximate surface area is 142 Å². The summed E-state index contributed by atoms with van der Waals surface area (Å²) in [4.78, 5) is 14.5. The van der Waals surface area contributed by atoms with Crippen molar-refractivity contribution in [1.82, 2.24) is 15.1 Å². The maximum atomic E-state index is 12.6. The summed E-state index contributed by atoms with van der Waals surface area (Å²) in [5.41, 5.74) is 2.04. The summed E-state index contributed by atoms with van der Waals surface area (Å²) in [6.45, 7) is 7.15. The molecule has 0 aromatic carbocycles. The topological polar surface area (TPSA) is 76.6 Å².